The van der Waals surface area contributed by atoms with E-state index in [0.717, 1.165) is 12.2 Å². The molecule has 0 atom stereocenters. The first kappa shape index (κ1) is 16.3. The third-order valence-electron chi connectivity index (χ3n) is 4.51. The van der Waals surface area contributed by atoms with Gasteiger partial charge in [0.2, 0.25) is 0 Å². The van der Waals surface area contributed by atoms with Crippen LogP contribution in [0.5, 0.6) is 0 Å². The van der Waals surface area contributed by atoms with Crippen LogP contribution in [0.25, 0.3) is 0 Å². The normalized spacial score (nSPS) is 12.0. The van der Waals surface area contributed by atoms with Gasteiger partial charge in [0.15, 0.2) is 0 Å². The van der Waals surface area contributed by atoms with Crippen LogP contribution < -0.4 is 15.9 Å². The summed E-state index contributed by atoms with van der Waals surface area (Å²) in [6.07, 6.45) is 2.32. The van der Waals surface area contributed by atoms with E-state index in [0.29, 0.717) is 0 Å². The van der Waals surface area contributed by atoms with Crippen molar-refractivity contribution in [1.82, 2.24) is 0 Å². The number of rotatable bonds is 6. The predicted molar refractivity (Wildman–Crippen MR) is 110 cm³/mol. The van der Waals surface area contributed by atoms with Crippen molar-refractivity contribution in [2.24, 2.45) is 0 Å². The minimum atomic E-state index is -1.99. The zero-order valence-corrected chi connectivity index (χ0v) is 15.1. The fourth-order valence-electron chi connectivity index (χ4n) is 3.45. The van der Waals surface area contributed by atoms with Gasteiger partial charge >= 0.3 is 145 Å². The molecular weight excluding hydrogens is 315 g/mol. The first-order chi connectivity index (χ1) is 11.4. The Labute approximate surface area is 145 Å². The molecule has 0 aliphatic rings. The average Bonchev–Trinajstić information content (AvgIpc) is 2.65. The van der Waals surface area contributed by atoms with E-state index in [-0.39, 0.29) is 0 Å². The van der Waals surface area contributed by atoms with Crippen LogP contribution >= 0.6 is 19.9 Å². The Morgan fingerprint density at radius 2 is 0.913 bits per heavy atom. The second-order valence-electron chi connectivity index (χ2n) is 5.83. The summed E-state index contributed by atoms with van der Waals surface area (Å²) in [5.41, 5.74) is 0. The molecule has 3 aromatic rings. The number of hydrogen-bond acceptors (Lipinski definition) is 1. The van der Waals surface area contributed by atoms with Crippen LogP contribution in [-0.2, 0) is 0 Å². The van der Waals surface area contributed by atoms with Gasteiger partial charge in [0.25, 0.3) is 0 Å². The SMILES string of the molecule is SCCC[PH](c1ccccc1)(c1ccccc1)c1ccccc1. The standard InChI is InChI=1S/C21H23PS/c23-18-10-17-22(19-11-4-1-5-12-19,20-13-6-2-7-14-20)21-15-8-3-9-16-21/h1-9,11-16,22-23H,10,17-18H2. The van der Waals surface area contributed by atoms with Crippen molar-refractivity contribution in [3.63, 3.8) is 0 Å². The van der Waals surface area contributed by atoms with Gasteiger partial charge in [-0.1, -0.05) is 0 Å². The van der Waals surface area contributed by atoms with Crippen LogP contribution in [0.3, 0.4) is 0 Å². The quantitative estimate of drug-likeness (QED) is 0.509. The van der Waals surface area contributed by atoms with Crippen molar-refractivity contribution in [1.29, 1.82) is 0 Å². The summed E-state index contributed by atoms with van der Waals surface area (Å²) in [6, 6.07) is 33.2. The van der Waals surface area contributed by atoms with Crippen molar-refractivity contribution in [3.05, 3.63) is 91.0 Å². The van der Waals surface area contributed by atoms with E-state index in [1.54, 1.807) is 0 Å². The Kier molecular flexibility index (Phi) is 5.54. The molecule has 0 heterocycles. The van der Waals surface area contributed by atoms with Crippen LogP contribution in [0.4, 0.5) is 0 Å². The van der Waals surface area contributed by atoms with E-state index in [9.17, 15) is 0 Å². The van der Waals surface area contributed by atoms with Crippen molar-refractivity contribution >= 4 is 35.8 Å². The molecule has 0 radical (unpaired) electrons. The molecule has 0 spiro atoms. The average molecular weight is 338 g/mol. The van der Waals surface area contributed by atoms with E-state index >= 15 is 0 Å². The van der Waals surface area contributed by atoms with Crippen molar-refractivity contribution in [2.45, 2.75) is 6.42 Å². The van der Waals surface area contributed by atoms with E-state index in [1.165, 1.54) is 22.1 Å². The van der Waals surface area contributed by atoms with Crippen molar-refractivity contribution in [2.75, 3.05) is 11.9 Å². The zero-order valence-electron chi connectivity index (χ0n) is 13.2. The van der Waals surface area contributed by atoms with Gasteiger partial charge in [0.1, 0.15) is 0 Å². The Morgan fingerprint density at radius 1 is 0.565 bits per heavy atom. The maximum absolute atomic E-state index is 4.49. The van der Waals surface area contributed by atoms with Gasteiger partial charge < -0.3 is 0 Å². The van der Waals surface area contributed by atoms with Gasteiger partial charge in [-0.05, 0) is 0 Å². The molecule has 3 rings (SSSR count). The molecule has 2 heteroatoms. The monoisotopic (exact) mass is 338 g/mol. The summed E-state index contributed by atoms with van der Waals surface area (Å²) in [5, 5.41) is 4.46. The summed E-state index contributed by atoms with van der Waals surface area (Å²) < 4.78 is 0. The molecular formula is C21H23PS. The second kappa shape index (κ2) is 7.81. The van der Waals surface area contributed by atoms with Crippen molar-refractivity contribution < 1.29 is 0 Å². The van der Waals surface area contributed by atoms with Crippen LogP contribution in [0, 0.1) is 0 Å². The molecule has 0 unspecified atom stereocenters. The van der Waals surface area contributed by atoms with E-state index < -0.39 is 7.26 Å². The van der Waals surface area contributed by atoms with Gasteiger partial charge in [-0.15, -0.1) is 0 Å². The fourth-order valence-corrected chi connectivity index (χ4v) is 8.76. The predicted octanol–water partition coefficient (Wildman–Crippen LogP) is 4.03. The van der Waals surface area contributed by atoms with Gasteiger partial charge in [-0.25, -0.2) is 0 Å². The van der Waals surface area contributed by atoms with Crippen LogP contribution in [0.2, 0.25) is 0 Å². The molecule has 0 bridgehead atoms. The van der Waals surface area contributed by atoms with Gasteiger partial charge in [0, 0.05) is 0 Å². The Morgan fingerprint density at radius 3 is 1.22 bits per heavy atom. The third kappa shape index (κ3) is 3.37. The van der Waals surface area contributed by atoms with Crippen molar-refractivity contribution in [3.8, 4) is 0 Å². The number of hydrogen-bond donors (Lipinski definition) is 1. The molecule has 0 aliphatic heterocycles. The van der Waals surface area contributed by atoms with Crippen LogP contribution in [-0.4, -0.2) is 11.9 Å². The molecule has 0 aliphatic carbocycles. The van der Waals surface area contributed by atoms with Gasteiger partial charge in [0.05, 0.1) is 0 Å². The van der Waals surface area contributed by atoms with Gasteiger partial charge in [-0.2, -0.15) is 0 Å². The summed E-state index contributed by atoms with van der Waals surface area (Å²) in [6.45, 7) is 0. The summed E-state index contributed by atoms with van der Waals surface area (Å²) in [5.74, 6) is 0.932. The van der Waals surface area contributed by atoms with Crippen LogP contribution in [0.15, 0.2) is 91.0 Å². The molecule has 0 amide bonds. The first-order valence-corrected chi connectivity index (χ1v) is 11.0. The fraction of sp³-hybridized carbons (Fsp3) is 0.143. The number of benzene rings is 3. The summed E-state index contributed by atoms with van der Waals surface area (Å²) in [7, 11) is -1.99. The third-order valence-corrected chi connectivity index (χ3v) is 9.89. The summed E-state index contributed by atoms with van der Waals surface area (Å²) in [4.78, 5) is 0. The molecule has 3 aromatic carbocycles. The zero-order chi connectivity index (χ0) is 16.0. The van der Waals surface area contributed by atoms with E-state index in [1.807, 2.05) is 0 Å². The van der Waals surface area contributed by atoms with Crippen LogP contribution in [0.1, 0.15) is 6.42 Å². The van der Waals surface area contributed by atoms with Gasteiger partial charge in [-0.3, -0.25) is 0 Å². The Bertz CT molecular complexity index is 614. The second-order valence-corrected chi connectivity index (χ2v) is 10.3. The van der Waals surface area contributed by atoms with E-state index in [4.69, 9.17) is 0 Å². The Balaban J connectivity index is 2.25. The maximum atomic E-state index is 4.49. The Hall–Kier alpha value is -1.56. The minimum absolute atomic E-state index is 0.932. The molecule has 0 aromatic heterocycles. The molecule has 0 saturated carbocycles. The molecule has 23 heavy (non-hydrogen) atoms. The molecule has 0 N–H and O–H groups in total. The first-order valence-electron chi connectivity index (χ1n) is 8.15. The molecule has 118 valence electrons. The summed E-state index contributed by atoms with van der Waals surface area (Å²) >= 11 is 4.49. The topological polar surface area (TPSA) is 0 Å². The number of thiol groups is 1. The van der Waals surface area contributed by atoms with E-state index in [2.05, 4.69) is 104 Å². The molecule has 0 fully saturated rings. The molecule has 0 saturated heterocycles. The molecule has 0 nitrogen and oxygen atoms in total.